The molecular weight excluding hydrogens is 464 g/mol. The third-order valence-electron chi connectivity index (χ3n) is 5.40. The molecule has 0 saturated carbocycles. The number of anilines is 1. The van der Waals surface area contributed by atoms with E-state index in [1.165, 1.54) is 30.3 Å². The highest BCUT2D eigenvalue weighted by atomic mass is 32.1. The highest BCUT2D eigenvalue weighted by Crippen LogP contribution is 2.44. The van der Waals surface area contributed by atoms with E-state index in [-0.39, 0.29) is 22.0 Å². The fraction of sp³-hybridized carbons (Fsp3) is 0.182. The number of hydrogen-bond acceptors (Lipinski definition) is 10. The van der Waals surface area contributed by atoms with Crippen LogP contribution in [0.2, 0.25) is 0 Å². The summed E-state index contributed by atoms with van der Waals surface area (Å²) in [6.45, 7) is 2.43. The first-order valence-corrected chi connectivity index (χ1v) is 10.9. The molecule has 0 bridgehead atoms. The maximum absolute atomic E-state index is 13.1. The second kappa shape index (κ2) is 8.23. The minimum Gasteiger partial charge on any atom is -0.507 e. The zero-order valence-corrected chi connectivity index (χ0v) is 18.4. The van der Waals surface area contributed by atoms with Gasteiger partial charge in [-0.15, -0.1) is 10.2 Å². The van der Waals surface area contributed by atoms with E-state index in [1.54, 1.807) is 19.1 Å². The van der Waals surface area contributed by atoms with Crippen molar-refractivity contribution in [2.75, 3.05) is 18.1 Å². The average Bonchev–Trinajstić information content (AvgIpc) is 3.38. The van der Waals surface area contributed by atoms with Crippen molar-refractivity contribution in [1.82, 2.24) is 10.2 Å². The van der Waals surface area contributed by atoms with Crippen molar-refractivity contribution in [1.29, 1.82) is 0 Å². The summed E-state index contributed by atoms with van der Waals surface area (Å²) in [7, 11) is 0. The molecule has 3 aromatic rings. The molecule has 3 heterocycles. The molecule has 2 aromatic carbocycles. The summed E-state index contributed by atoms with van der Waals surface area (Å²) in [5.74, 6) is -1.32. The molecule has 1 aromatic heterocycles. The number of amides is 1. The van der Waals surface area contributed by atoms with Crippen LogP contribution in [-0.4, -0.2) is 45.1 Å². The van der Waals surface area contributed by atoms with Crippen molar-refractivity contribution in [3.8, 4) is 11.5 Å². The molecule has 1 atom stereocenters. The van der Waals surface area contributed by atoms with Crippen LogP contribution in [0.4, 0.5) is 10.8 Å². The average molecular weight is 480 g/mol. The Hall–Kier alpha value is -4.32. The summed E-state index contributed by atoms with van der Waals surface area (Å²) in [5.41, 5.74) is 0.307. The SMILES string of the molecule is Cc1nnc(N2C(=O)C(=O)/C(=C(/O)c3ccc4c(c3)OCCO4)[C@H]2c2ccc([N+](=O)[O-])cc2)s1. The van der Waals surface area contributed by atoms with Gasteiger partial charge in [-0.25, -0.2) is 0 Å². The smallest absolute Gasteiger partial charge is 0.301 e. The van der Waals surface area contributed by atoms with Crippen molar-refractivity contribution in [2.45, 2.75) is 13.0 Å². The predicted octanol–water partition coefficient (Wildman–Crippen LogP) is 3.15. The van der Waals surface area contributed by atoms with Gasteiger partial charge >= 0.3 is 5.91 Å². The molecule has 12 heteroatoms. The lowest BCUT2D eigenvalue weighted by Gasteiger charge is -2.23. The van der Waals surface area contributed by atoms with Gasteiger partial charge < -0.3 is 14.6 Å². The van der Waals surface area contributed by atoms with Gasteiger partial charge in [-0.2, -0.15) is 0 Å². The van der Waals surface area contributed by atoms with Gasteiger partial charge in [0.25, 0.3) is 11.5 Å². The molecule has 5 rings (SSSR count). The maximum Gasteiger partial charge on any atom is 0.301 e. The Labute approximate surface area is 196 Å². The minimum atomic E-state index is -1.07. The molecule has 172 valence electrons. The summed E-state index contributed by atoms with van der Waals surface area (Å²) in [6.07, 6.45) is 0. The summed E-state index contributed by atoms with van der Waals surface area (Å²) < 4.78 is 11.1. The monoisotopic (exact) mass is 480 g/mol. The van der Waals surface area contributed by atoms with E-state index in [2.05, 4.69) is 10.2 Å². The number of ketones is 1. The Balaban J connectivity index is 1.68. The Kier molecular flexibility index (Phi) is 5.21. The lowest BCUT2D eigenvalue weighted by Crippen LogP contribution is -2.29. The van der Waals surface area contributed by atoms with Crippen LogP contribution in [0.15, 0.2) is 48.0 Å². The van der Waals surface area contributed by atoms with E-state index in [1.807, 2.05) is 0 Å². The third kappa shape index (κ3) is 3.53. The number of aliphatic hydroxyl groups excluding tert-OH is 1. The van der Waals surface area contributed by atoms with Crippen LogP contribution < -0.4 is 14.4 Å². The van der Waals surface area contributed by atoms with E-state index >= 15 is 0 Å². The van der Waals surface area contributed by atoms with E-state index in [0.29, 0.717) is 35.3 Å². The van der Waals surface area contributed by atoms with E-state index in [0.717, 1.165) is 16.2 Å². The summed E-state index contributed by atoms with van der Waals surface area (Å²) >= 11 is 1.11. The fourth-order valence-electron chi connectivity index (χ4n) is 3.85. The summed E-state index contributed by atoms with van der Waals surface area (Å²) in [6, 6.07) is 9.03. The van der Waals surface area contributed by atoms with Crippen molar-refractivity contribution >= 4 is 39.6 Å². The molecule has 2 aliphatic heterocycles. The van der Waals surface area contributed by atoms with Crippen molar-refractivity contribution in [2.24, 2.45) is 0 Å². The molecule has 1 amide bonds. The topological polar surface area (TPSA) is 145 Å². The molecular formula is C22H16N4O7S. The normalized spacial score (nSPS) is 18.9. The highest BCUT2D eigenvalue weighted by molar-refractivity contribution is 7.15. The predicted molar refractivity (Wildman–Crippen MR) is 120 cm³/mol. The minimum absolute atomic E-state index is 0.153. The number of rotatable bonds is 4. The maximum atomic E-state index is 13.1. The second-order valence-electron chi connectivity index (χ2n) is 7.48. The number of nitro groups is 1. The van der Waals surface area contributed by atoms with Gasteiger partial charge in [-0.3, -0.25) is 24.6 Å². The van der Waals surface area contributed by atoms with E-state index in [4.69, 9.17) is 9.47 Å². The largest absolute Gasteiger partial charge is 0.507 e. The number of aryl methyl sites for hydroxylation is 1. The molecule has 1 N–H and O–H groups in total. The molecule has 0 radical (unpaired) electrons. The Morgan fingerprint density at radius 1 is 1.12 bits per heavy atom. The van der Waals surface area contributed by atoms with Crippen LogP contribution in [0.25, 0.3) is 5.76 Å². The third-order valence-corrected chi connectivity index (χ3v) is 6.24. The number of nitrogens with zero attached hydrogens (tertiary/aromatic N) is 4. The number of carbonyl (C=O) groups excluding carboxylic acids is 2. The number of hydrogen-bond donors (Lipinski definition) is 1. The molecule has 2 aliphatic rings. The first-order valence-electron chi connectivity index (χ1n) is 10.1. The van der Waals surface area contributed by atoms with Gasteiger partial charge in [-0.05, 0) is 42.8 Å². The van der Waals surface area contributed by atoms with Crippen LogP contribution in [-0.2, 0) is 9.59 Å². The van der Waals surface area contributed by atoms with Gasteiger partial charge in [0.2, 0.25) is 5.13 Å². The first kappa shape index (κ1) is 21.5. The number of non-ortho nitro benzene ring substituents is 1. The first-order chi connectivity index (χ1) is 16.3. The quantitative estimate of drug-likeness (QED) is 0.196. The Morgan fingerprint density at radius 2 is 1.82 bits per heavy atom. The van der Waals surface area contributed by atoms with Crippen LogP contribution >= 0.6 is 11.3 Å². The molecule has 11 nitrogen and oxygen atoms in total. The van der Waals surface area contributed by atoms with Crippen molar-refractivity contribution < 1.29 is 29.1 Å². The number of aliphatic hydroxyl groups is 1. The van der Waals surface area contributed by atoms with Gasteiger partial charge in [0.15, 0.2) is 11.5 Å². The van der Waals surface area contributed by atoms with Gasteiger partial charge in [-0.1, -0.05) is 11.3 Å². The van der Waals surface area contributed by atoms with Crippen LogP contribution in [0, 0.1) is 17.0 Å². The van der Waals surface area contributed by atoms with Crippen molar-refractivity contribution in [3.05, 3.63) is 74.3 Å². The fourth-order valence-corrected chi connectivity index (χ4v) is 4.57. The molecule has 0 unspecified atom stereocenters. The van der Waals surface area contributed by atoms with Crippen molar-refractivity contribution in [3.63, 3.8) is 0 Å². The zero-order chi connectivity index (χ0) is 24.0. The Bertz CT molecular complexity index is 1370. The van der Waals surface area contributed by atoms with E-state index in [9.17, 15) is 24.8 Å². The molecule has 0 spiro atoms. The molecule has 0 aliphatic carbocycles. The van der Waals surface area contributed by atoms with Gasteiger partial charge in [0.05, 0.1) is 16.5 Å². The van der Waals surface area contributed by atoms with Crippen LogP contribution in [0.5, 0.6) is 11.5 Å². The number of Topliss-reactive ketones (excluding diaryl/α,β-unsaturated/α-hetero) is 1. The number of fused-ring (bicyclic) bond motifs is 1. The highest BCUT2D eigenvalue weighted by Gasteiger charge is 2.48. The number of aromatic nitrogens is 2. The second-order valence-corrected chi connectivity index (χ2v) is 8.64. The van der Waals surface area contributed by atoms with Gasteiger partial charge in [0, 0.05) is 17.7 Å². The number of carbonyl (C=O) groups is 2. The molecule has 1 fully saturated rings. The molecule has 34 heavy (non-hydrogen) atoms. The Morgan fingerprint density at radius 3 is 2.47 bits per heavy atom. The van der Waals surface area contributed by atoms with Crippen LogP contribution in [0.1, 0.15) is 22.2 Å². The lowest BCUT2D eigenvalue weighted by molar-refractivity contribution is -0.384. The standard InChI is InChI=1S/C22H16N4O7S/c1-11-23-24-22(34-11)25-18(12-2-5-14(6-3-12)26(30)31)17(20(28)21(25)29)19(27)13-4-7-15-16(10-13)33-9-8-32-15/h2-7,10,18,27H,8-9H2,1H3/b19-17+/t18-/m1/s1. The van der Waals surface area contributed by atoms with Gasteiger partial charge in [0.1, 0.15) is 24.0 Å². The number of nitro benzene ring substituents is 1. The zero-order valence-electron chi connectivity index (χ0n) is 17.6. The molecule has 1 saturated heterocycles. The van der Waals surface area contributed by atoms with E-state index < -0.39 is 28.4 Å². The summed E-state index contributed by atoms with van der Waals surface area (Å²) in [5, 5.41) is 31.0. The number of ether oxygens (including phenoxy) is 2. The lowest BCUT2D eigenvalue weighted by atomic mass is 9.95. The van der Waals surface area contributed by atoms with Crippen LogP contribution in [0.3, 0.4) is 0 Å². The number of benzene rings is 2. The summed E-state index contributed by atoms with van der Waals surface area (Å²) in [4.78, 5) is 37.9.